The summed E-state index contributed by atoms with van der Waals surface area (Å²) in [6.45, 7) is 13.1. The minimum atomic E-state index is 0.273. The monoisotopic (exact) mass is 165 g/mol. The van der Waals surface area contributed by atoms with E-state index in [0.717, 1.165) is 0 Å². The van der Waals surface area contributed by atoms with Crippen LogP contribution in [0.2, 0.25) is 12.1 Å². The van der Waals surface area contributed by atoms with Gasteiger partial charge >= 0.3 is 0 Å². The van der Waals surface area contributed by atoms with Gasteiger partial charge in [-0.05, 0) is 18.2 Å². The molecule has 1 heteroatoms. The van der Waals surface area contributed by atoms with Crippen LogP contribution in [0.3, 0.4) is 0 Å². The van der Waals surface area contributed by atoms with E-state index in [1.54, 1.807) is 0 Å². The SMILES string of the molecule is C=C(CCCC)C(C)([B]C)CC. The fourth-order valence-electron chi connectivity index (χ4n) is 1.33. The standard InChI is InChI=1S/C11H22B/c1-6-8-9-10(3)11(4,7-2)12-5/h3,6-9H2,1-2,4-5H3. The predicted molar refractivity (Wildman–Crippen MR) is 58.9 cm³/mol. The average Bonchev–Trinajstić information content (AvgIpc) is 2.12. The van der Waals surface area contributed by atoms with E-state index >= 15 is 0 Å². The third kappa shape index (κ3) is 3.04. The molecule has 0 N–H and O–H groups in total. The second-order valence-corrected chi connectivity index (χ2v) is 3.77. The molecule has 1 unspecified atom stereocenters. The van der Waals surface area contributed by atoms with Crippen LogP contribution in [0, 0.1) is 0 Å². The molecule has 0 rings (SSSR count). The molecule has 0 spiro atoms. The van der Waals surface area contributed by atoms with E-state index in [0.29, 0.717) is 0 Å². The maximum absolute atomic E-state index is 4.17. The lowest BCUT2D eigenvalue weighted by Gasteiger charge is -2.29. The number of allylic oxidation sites excluding steroid dienone is 1. The summed E-state index contributed by atoms with van der Waals surface area (Å²) >= 11 is 0. The van der Waals surface area contributed by atoms with Crippen molar-refractivity contribution in [2.45, 2.75) is 58.6 Å². The highest BCUT2D eigenvalue weighted by atomic mass is 14.2. The first-order valence-corrected chi connectivity index (χ1v) is 5.09. The summed E-state index contributed by atoms with van der Waals surface area (Å²) in [5.41, 5.74) is 1.40. The van der Waals surface area contributed by atoms with Gasteiger partial charge in [0.2, 0.25) is 0 Å². The molecule has 0 amide bonds. The first kappa shape index (κ1) is 11.8. The van der Waals surface area contributed by atoms with Crippen LogP contribution in [-0.2, 0) is 0 Å². The minimum Gasteiger partial charge on any atom is -0.100 e. The molecule has 0 aliphatic carbocycles. The number of hydrogen-bond acceptors (Lipinski definition) is 0. The van der Waals surface area contributed by atoms with Gasteiger partial charge in [0.05, 0.1) is 0 Å². The Morgan fingerprint density at radius 2 is 2.00 bits per heavy atom. The molecule has 0 bridgehead atoms. The number of hydrogen-bond donors (Lipinski definition) is 0. The molecule has 1 atom stereocenters. The van der Waals surface area contributed by atoms with E-state index in [1.807, 2.05) is 0 Å². The van der Waals surface area contributed by atoms with Crippen LogP contribution in [0.25, 0.3) is 0 Å². The Hall–Kier alpha value is -0.195. The highest BCUT2D eigenvalue weighted by molar-refractivity contribution is 6.39. The van der Waals surface area contributed by atoms with Crippen LogP contribution in [0.5, 0.6) is 0 Å². The first-order chi connectivity index (χ1) is 5.60. The number of rotatable bonds is 6. The lowest BCUT2D eigenvalue weighted by Crippen LogP contribution is -2.15. The Labute approximate surface area is 78.7 Å². The molecule has 0 heterocycles. The van der Waals surface area contributed by atoms with Gasteiger partial charge in [-0.2, -0.15) is 0 Å². The molecular formula is C11H22B. The van der Waals surface area contributed by atoms with Crippen molar-refractivity contribution >= 4 is 7.28 Å². The van der Waals surface area contributed by atoms with Gasteiger partial charge in [-0.3, -0.25) is 0 Å². The summed E-state index contributed by atoms with van der Waals surface area (Å²) in [5, 5.41) is 0.273. The van der Waals surface area contributed by atoms with E-state index in [1.165, 1.54) is 31.3 Å². The molecule has 69 valence electrons. The zero-order chi connectivity index (χ0) is 9.61. The molecule has 0 saturated carbocycles. The van der Waals surface area contributed by atoms with Gasteiger partial charge in [0.15, 0.2) is 0 Å². The predicted octanol–water partition coefficient (Wildman–Crippen LogP) is 4.07. The van der Waals surface area contributed by atoms with E-state index in [-0.39, 0.29) is 5.31 Å². The highest BCUT2D eigenvalue weighted by Gasteiger charge is 2.22. The van der Waals surface area contributed by atoms with Crippen LogP contribution in [-0.4, -0.2) is 7.28 Å². The molecule has 12 heavy (non-hydrogen) atoms. The first-order valence-electron chi connectivity index (χ1n) is 5.09. The van der Waals surface area contributed by atoms with Gasteiger partial charge in [-0.25, -0.2) is 0 Å². The molecule has 0 saturated heterocycles. The van der Waals surface area contributed by atoms with E-state index in [9.17, 15) is 0 Å². The lowest BCUT2D eigenvalue weighted by atomic mass is 9.50. The maximum atomic E-state index is 4.17. The second-order valence-electron chi connectivity index (χ2n) is 3.77. The van der Waals surface area contributed by atoms with Crippen molar-refractivity contribution in [3.8, 4) is 0 Å². The van der Waals surface area contributed by atoms with Crippen molar-refractivity contribution < 1.29 is 0 Å². The van der Waals surface area contributed by atoms with Crippen LogP contribution >= 0.6 is 0 Å². The van der Waals surface area contributed by atoms with Gasteiger partial charge in [-0.1, -0.05) is 46.0 Å². The van der Waals surface area contributed by atoms with Crippen LogP contribution in [0.4, 0.5) is 0 Å². The van der Waals surface area contributed by atoms with Crippen LogP contribution in [0.1, 0.15) is 46.5 Å². The molecule has 1 radical (unpaired) electrons. The highest BCUT2D eigenvalue weighted by Crippen LogP contribution is 2.38. The molecule has 0 aliphatic heterocycles. The molecule has 0 aromatic heterocycles. The summed E-state index contributed by atoms with van der Waals surface area (Å²) < 4.78 is 0. The molecule has 0 aromatic rings. The van der Waals surface area contributed by atoms with E-state index in [4.69, 9.17) is 0 Å². The van der Waals surface area contributed by atoms with Crippen molar-refractivity contribution in [2.75, 3.05) is 0 Å². The summed E-state index contributed by atoms with van der Waals surface area (Å²) in [6.07, 6.45) is 4.90. The quantitative estimate of drug-likeness (QED) is 0.411. The second kappa shape index (κ2) is 5.45. The van der Waals surface area contributed by atoms with Crippen molar-refractivity contribution in [3.05, 3.63) is 12.2 Å². The van der Waals surface area contributed by atoms with Gasteiger partial charge < -0.3 is 0 Å². The largest absolute Gasteiger partial charge is 0.119 e. The summed E-state index contributed by atoms with van der Waals surface area (Å²) in [4.78, 5) is 0. The molecule has 0 aromatic carbocycles. The van der Waals surface area contributed by atoms with Crippen molar-refractivity contribution in [3.63, 3.8) is 0 Å². The Balaban J connectivity index is 4.03. The van der Waals surface area contributed by atoms with Gasteiger partial charge in [0.1, 0.15) is 7.28 Å². The maximum Gasteiger partial charge on any atom is 0.119 e. The molecule has 0 nitrogen and oxygen atoms in total. The van der Waals surface area contributed by atoms with Crippen molar-refractivity contribution in [1.29, 1.82) is 0 Å². The normalized spacial score (nSPS) is 15.3. The zero-order valence-electron chi connectivity index (χ0n) is 9.11. The summed E-state index contributed by atoms with van der Waals surface area (Å²) in [6, 6.07) is 0. The average molecular weight is 165 g/mol. The third-order valence-electron chi connectivity index (χ3n) is 3.01. The summed E-state index contributed by atoms with van der Waals surface area (Å²) in [5.74, 6) is 0. The Kier molecular flexibility index (Phi) is 5.36. The molecule has 0 fully saturated rings. The fraction of sp³-hybridized carbons (Fsp3) is 0.818. The summed E-state index contributed by atoms with van der Waals surface area (Å²) in [7, 11) is 2.28. The van der Waals surface area contributed by atoms with Gasteiger partial charge in [0.25, 0.3) is 0 Å². The molecular weight excluding hydrogens is 143 g/mol. The van der Waals surface area contributed by atoms with E-state index in [2.05, 4.69) is 41.5 Å². The Bertz CT molecular complexity index is 134. The van der Waals surface area contributed by atoms with Gasteiger partial charge in [-0.15, -0.1) is 6.58 Å². The Morgan fingerprint density at radius 3 is 2.33 bits per heavy atom. The topological polar surface area (TPSA) is 0 Å². The lowest BCUT2D eigenvalue weighted by molar-refractivity contribution is 0.624. The van der Waals surface area contributed by atoms with Gasteiger partial charge in [0, 0.05) is 0 Å². The third-order valence-corrected chi connectivity index (χ3v) is 3.01. The van der Waals surface area contributed by atoms with Crippen LogP contribution < -0.4 is 0 Å². The Morgan fingerprint density at radius 1 is 1.42 bits per heavy atom. The number of unbranched alkanes of at least 4 members (excludes halogenated alkanes) is 1. The fourth-order valence-corrected chi connectivity index (χ4v) is 1.33. The minimum absolute atomic E-state index is 0.273. The zero-order valence-corrected chi connectivity index (χ0v) is 9.11. The van der Waals surface area contributed by atoms with E-state index < -0.39 is 0 Å². The van der Waals surface area contributed by atoms with Crippen molar-refractivity contribution in [1.82, 2.24) is 0 Å². The molecule has 0 aliphatic rings. The smallest absolute Gasteiger partial charge is 0.100 e. The van der Waals surface area contributed by atoms with Crippen LogP contribution in [0.15, 0.2) is 12.2 Å². The van der Waals surface area contributed by atoms with Crippen molar-refractivity contribution in [2.24, 2.45) is 0 Å².